The average molecular weight is 319 g/mol. The standard InChI is InChI=1S/C14H17N5O2S/c15-8-1-3-9(4-2-8)17-13-16-6-5-10(18-13)7-11-12(20)19-14(21)22-11/h5-9H,1-4,15H2,(H,16,17,18)(H,19,20,21)/b11-7+. The van der Waals surface area contributed by atoms with Crippen LogP contribution < -0.4 is 16.4 Å². The average Bonchev–Trinajstić information content (AvgIpc) is 2.80. The Hall–Kier alpha value is -1.93. The van der Waals surface area contributed by atoms with Gasteiger partial charge in [0.05, 0.1) is 10.6 Å². The number of imide groups is 1. The van der Waals surface area contributed by atoms with E-state index in [-0.39, 0.29) is 11.1 Å². The van der Waals surface area contributed by atoms with E-state index in [0.29, 0.717) is 28.6 Å². The van der Waals surface area contributed by atoms with Gasteiger partial charge in [-0.2, -0.15) is 0 Å². The zero-order chi connectivity index (χ0) is 15.5. The maximum absolute atomic E-state index is 11.5. The van der Waals surface area contributed by atoms with E-state index in [9.17, 15) is 9.59 Å². The van der Waals surface area contributed by atoms with Gasteiger partial charge < -0.3 is 11.1 Å². The number of anilines is 1. The minimum absolute atomic E-state index is 0.297. The quantitative estimate of drug-likeness (QED) is 0.724. The van der Waals surface area contributed by atoms with Crippen LogP contribution in [0.25, 0.3) is 6.08 Å². The Morgan fingerprint density at radius 3 is 2.77 bits per heavy atom. The third-order valence-electron chi connectivity index (χ3n) is 3.70. The SMILES string of the molecule is NC1CCC(Nc2nccc(/C=C3/SC(=O)NC3=O)n2)CC1. The van der Waals surface area contributed by atoms with Crippen LogP contribution in [-0.4, -0.2) is 33.2 Å². The van der Waals surface area contributed by atoms with E-state index in [2.05, 4.69) is 20.6 Å². The molecule has 0 spiro atoms. The van der Waals surface area contributed by atoms with E-state index >= 15 is 0 Å². The van der Waals surface area contributed by atoms with Gasteiger partial charge in [-0.1, -0.05) is 0 Å². The van der Waals surface area contributed by atoms with Crippen LogP contribution in [0.2, 0.25) is 0 Å². The van der Waals surface area contributed by atoms with Gasteiger partial charge in [-0.3, -0.25) is 14.9 Å². The van der Waals surface area contributed by atoms with Gasteiger partial charge in [-0.25, -0.2) is 9.97 Å². The van der Waals surface area contributed by atoms with Crippen molar-refractivity contribution in [2.75, 3.05) is 5.32 Å². The predicted octanol–water partition coefficient (Wildman–Crippen LogP) is 1.48. The molecule has 116 valence electrons. The first-order valence-electron chi connectivity index (χ1n) is 7.20. The van der Waals surface area contributed by atoms with Crippen molar-refractivity contribution in [1.29, 1.82) is 0 Å². The number of carbonyl (C=O) groups is 2. The lowest BCUT2D eigenvalue weighted by atomic mass is 9.92. The highest BCUT2D eigenvalue weighted by Gasteiger charge is 2.25. The molecule has 22 heavy (non-hydrogen) atoms. The lowest BCUT2D eigenvalue weighted by molar-refractivity contribution is -0.115. The molecule has 4 N–H and O–H groups in total. The Bertz CT molecular complexity index is 625. The van der Waals surface area contributed by atoms with Crippen LogP contribution >= 0.6 is 11.8 Å². The molecule has 2 fully saturated rings. The number of amides is 2. The summed E-state index contributed by atoms with van der Waals surface area (Å²) in [4.78, 5) is 31.6. The molecule has 8 heteroatoms. The van der Waals surface area contributed by atoms with Gasteiger partial charge in [0, 0.05) is 18.3 Å². The molecule has 0 bridgehead atoms. The molecule has 0 radical (unpaired) electrons. The fourth-order valence-corrected chi connectivity index (χ4v) is 3.19. The molecule has 1 aliphatic heterocycles. The Morgan fingerprint density at radius 2 is 2.09 bits per heavy atom. The zero-order valence-electron chi connectivity index (χ0n) is 11.9. The summed E-state index contributed by atoms with van der Waals surface area (Å²) < 4.78 is 0. The fourth-order valence-electron chi connectivity index (χ4n) is 2.52. The molecule has 0 atom stereocenters. The number of hydrogen-bond donors (Lipinski definition) is 3. The van der Waals surface area contributed by atoms with E-state index in [4.69, 9.17) is 5.73 Å². The summed E-state index contributed by atoms with van der Waals surface area (Å²) in [5.41, 5.74) is 6.49. The topological polar surface area (TPSA) is 110 Å². The largest absolute Gasteiger partial charge is 0.351 e. The number of nitrogens with one attached hydrogen (secondary N) is 2. The first-order valence-corrected chi connectivity index (χ1v) is 8.02. The number of thioether (sulfide) groups is 1. The van der Waals surface area contributed by atoms with Crippen molar-refractivity contribution in [3.63, 3.8) is 0 Å². The third-order valence-corrected chi connectivity index (χ3v) is 4.51. The fraction of sp³-hybridized carbons (Fsp3) is 0.429. The van der Waals surface area contributed by atoms with E-state index in [1.54, 1.807) is 18.3 Å². The van der Waals surface area contributed by atoms with Crippen LogP contribution in [0, 0.1) is 0 Å². The molecule has 1 aromatic heterocycles. The summed E-state index contributed by atoms with van der Waals surface area (Å²) in [7, 11) is 0. The van der Waals surface area contributed by atoms with Crippen LogP contribution in [0.5, 0.6) is 0 Å². The zero-order valence-corrected chi connectivity index (χ0v) is 12.7. The maximum atomic E-state index is 11.5. The first kappa shape index (κ1) is 15.0. The van der Waals surface area contributed by atoms with Crippen LogP contribution in [0.4, 0.5) is 10.7 Å². The molecule has 0 unspecified atom stereocenters. The van der Waals surface area contributed by atoms with Crippen molar-refractivity contribution >= 4 is 34.9 Å². The van der Waals surface area contributed by atoms with E-state index < -0.39 is 0 Å². The highest BCUT2D eigenvalue weighted by molar-refractivity contribution is 8.18. The van der Waals surface area contributed by atoms with Gasteiger partial charge >= 0.3 is 0 Å². The van der Waals surface area contributed by atoms with Gasteiger partial charge in [0.2, 0.25) is 5.95 Å². The number of carbonyl (C=O) groups excluding carboxylic acids is 2. The Labute approximate surface area is 132 Å². The molecule has 1 aromatic rings. The van der Waals surface area contributed by atoms with Crippen LogP contribution in [0.3, 0.4) is 0 Å². The molecule has 3 rings (SSSR count). The van der Waals surface area contributed by atoms with E-state index in [0.717, 1.165) is 37.4 Å². The van der Waals surface area contributed by atoms with Crippen molar-refractivity contribution in [3.8, 4) is 0 Å². The van der Waals surface area contributed by atoms with Crippen molar-refractivity contribution in [2.24, 2.45) is 5.73 Å². The lowest BCUT2D eigenvalue weighted by Crippen LogP contribution is -2.33. The molecule has 1 aliphatic carbocycles. The summed E-state index contributed by atoms with van der Waals surface area (Å²) in [6.45, 7) is 0. The number of nitrogens with zero attached hydrogens (tertiary/aromatic N) is 2. The summed E-state index contributed by atoms with van der Waals surface area (Å²) in [5.74, 6) is 0.147. The van der Waals surface area contributed by atoms with Gasteiger partial charge in [0.1, 0.15) is 0 Å². The summed E-state index contributed by atoms with van der Waals surface area (Å²) in [6.07, 6.45) is 7.23. The predicted molar refractivity (Wildman–Crippen MR) is 85.0 cm³/mol. The number of rotatable bonds is 3. The number of hydrogen-bond acceptors (Lipinski definition) is 7. The third kappa shape index (κ3) is 3.63. The monoisotopic (exact) mass is 319 g/mol. The van der Waals surface area contributed by atoms with Gasteiger partial charge in [0.15, 0.2) is 0 Å². The van der Waals surface area contributed by atoms with Crippen molar-refractivity contribution in [1.82, 2.24) is 15.3 Å². The van der Waals surface area contributed by atoms with Crippen LogP contribution in [0.1, 0.15) is 31.4 Å². The number of aromatic nitrogens is 2. The Kier molecular flexibility index (Phi) is 4.39. The Balaban J connectivity index is 1.69. The molecule has 1 saturated carbocycles. The second kappa shape index (κ2) is 6.45. The van der Waals surface area contributed by atoms with Crippen LogP contribution in [-0.2, 0) is 4.79 Å². The highest BCUT2D eigenvalue weighted by Crippen LogP contribution is 2.25. The lowest BCUT2D eigenvalue weighted by Gasteiger charge is -2.26. The summed E-state index contributed by atoms with van der Waals surface area (Å²) in [5, 5.41) is 5.16. The molecular weight excluding hydrogens is 302 g/mol. The smallest absolute Gasteiger partial charge is 0.290 e. The van der Waals surface area contributed by atoms with Crippen molar-refractivity contribution in [3.05, 3.63) is 22.9 Å². The molecule has 1 saturated heterocycles. The van der Waals surface area contributed by atoms with E-state index in [1.165, 1.54) is 0 Å². The molecule has 0 aromatic carbocycles. The molecule has 7 nitrogen and oxygen atoms in total. The summed E-state index contributed by atoms with van der Waals surface area (Å²) >= 11 is 0.877. The van der Waals surface area contributed by atoms with Crippen LogP contribution in [0.15, 0.2) is 17.2 Å². The molecule has 2 amide bonds. The minimum Gasteiger partial charge on any atom is -0.351 e. The van der Waals surface area contributed by atoms with Gasteiger partial charge in [0.25, 0.3) is 11.1 Å². The van der Waals surface area contributed by atoms with Gasteiger partial charge in [-0.05, 0) is 49.6 Å². The molecular formula is C14H17N5O2S. The second-order valence-electron chi connectivity index (χ2n) is 5.41. The molecule has 2 aliphatic rings. The first-order chi connectivity index (χ1) is 10.6. The summed E-state index contributed by atoms with van der Waals surface area (Å²) in [6, 6.07) is 2.32. The van der Waals surface area contributed by atoms with Crippen molar-refractivity contribution < 1.29 is 9.59 Å². The maximum Gasteiger partial charge on any atom is 0.290 e. The Morgan fingerprint density at radius 1 is 1.32 bits per heavy atom. The molecule has 2 heterocycles. The minimum atomic E-state index is -0.385. The van der Waals surface area contributed by atoms with Gasteiger partial charge in [-0.15, -0.1) is 0 Å². The second-order valence-corrected chi connectivity index (χ2v) is 6.43. The van der Waals surface area contributed by atoms with Crippen molar-refractivity contribution in [2.45, 2.75) is 37.8 Å². The highest BCUT2D eigenvalue weighted by atomic mass is 32.2. The van der Waals surface area contributed by atoms with E-state index in [1.807, 2.05) is 0 Å². The number of nitrogens with two attached hydrogens (primary N) is 1. The normalized spacial score (nSPS) is 27.0.